The highest BCUT2D eigenvalue weighted by Gasteiger charge is 2.27. The van der Waals surface area contributed by atoms with Crippen molar-refractivity contribution in [3.63, 3.8) is 0 Å². The van der Waals surface area contributed by atoms with Crippen molar-refractivity contribution in [2.45, 2.75) is 45.4 Å². The average Bonchev–Trinajstić information content (AvgIpc) is 2.09. The molecule has 0 spiro atoms. The highest BCUT2D eigenvalue weighted by atomic mass is 16.6. The van der Waals surface area contributed by atoms with Crippen LogP contribution in [-0.4, -0.2) is 41.9 Å². The molecule has 6 nitrogen and oxygen atoms in total. The third-order valence-electron chi connectivity index (χ3n) is 1.89. The van der Waals surface area contributed by atoms with Crippen molar-refractivity contribution in [2.24, 2.45) is 0 Å². The molecule has 0 radical (unpaired) electrons. The van der Waals surface area contributed by atoms with Gasteiger partial charge in [-0.15, -0.1) is 0 Å². The molecule has 0 saturated carbocycles. The maximum absolute atomic E-state index is 11.4. The van der Waals surface area contributed by atoms with Crippen LogP contribution < -0.4 is 10.6 Å². The third-order valence-corrected chi connectivity index (χ3v) is 1.89. The summed E-state index contributed by atoms with van der Waals surface area (Å²) in [4.78, 5) is 22.3. The molecule has 0 aliphatic heterocycles. The lowest BCUT2D eigenvalue weighted by Gasteiger charge is -2.24. The number of amides is 1. The van der Waals surface area contributed by atoms with E-state index in [-0.39, 0.29) is 6.04 Å². The molecule has 0 aliphatic rings. The number of carboxylic acids is 1. The topological polar surface area (TPSA) is 87.7 Å². The molecule has 6 heteroatoms. The van der Waals surface area contributed by atoms with Crippen LogP contribution in [0.4, 0.5) is 4.79 Å². The van der Waals surface area contributed by atoms with Gasteiger partial charge in [0, 0.05) is 6.04 Å². The molecule has 0 aromatic heterocycles. The highest BCUT2D eigenvalue weighted by molar-refractivity contribution is 5.80. The summed E-state index contributed by atoms with van der Waals surface area (Å²) in [6.45, 7) is 6.80. The second-order valence-electron chi connectivity index (χ2n) is 4.54. The lowest BCUT2D eigenvalue weighted by Crippen LogP contribution is -2.53. The van der Waals surface area contributed by atoms with Crippen LogP contribution in [0.2, 0.25) is 0 Å². The van der Waals surface area contributed by atoms with Crippen LogP contribution in [0.3, 0.4) is 0 Å². The lowest BCUT2D eigenvalue weighted by molar-refractivity contribution is -0.140. The van der Waals surface area contributed by atoms with Crippen molar-refractivity contribution in [3.05, 3.63) is 0 Å². The summed E-state index contributed by atoms with van der Waals surface area (Å²) >= 11 is 0. The van der Waals surface area contributed by atoms with Crippen LogP contribution >= 0.6 is 0 Å². The highest BCUT2D eigenvalue weighted by Crippen LogP contribution is 2.07. The van der Waals surface area contributed by atoms with E-state index in [0.717, 1.165) is 0 Å². The van der Waals surface area contributed by atoms with Crippen LogP contribution in [0.15, 0.2) is 0 Å². The summed E-state index contributed by atoms with van der Waals surface area (Å²) in [6.07, 6.45) is -0.734. The van der Waals surface area contributed by atoms with Crippen molar-refractivity contribution < 1.29 is 19.4 Å². The zero-order valence-corrected chi connectivity index (χ0v) is 10.3. The van der Waals surface area contributed by atoms with Gasteiger partial charge in [0.15, 0.2) is 0 Å². The molecule has 0 saturated heterocycles. The molecule has 0 aromatic rings. The first-order chi connectivity index (χ1) is 7.17. The summed E-state index contributed by atoms with van der Waals surface area (Å²) < 4.78 is 4.97. The number of carboxylic acid groups (broad SMARTS) is 1. The van der Waals surface area contributed by atoms with Gasteiger partial charge < -0.3 is 20.5 Å². The van der Waals surface area contributed by atoms with Gasteiger partial charge >= 0.3 is 12.1 Å². The monoisotopic (exact) mass is 232 g/mol. The zero-order valence-electron chi connectivity index (χ0n) is 10.3. The fourth-order valence-corrected chi connectivity index (χ4v) is 1.00. The van der Waals surface area contributed by atoms with E-state index in [1.807, 2.05) is 0 Å². The Balaban J connectivity index is 4.42. The number of carbonyl (C=O) groups excluding carboxylic acids is 1. The van der Waals surface area contributed by atoms with E-state index in [0.29, 0.717) is 0 Å². The smallest absolute Gasteiger partial charge is 0.408 e. The first-order valence-electron chi connectivity index (χ1n) is 5.07. The molecular formula is C10H20N2O4. The molecule has 94 valence electrons. The summed E-state index contributed by atoms with van der Waals surface area (Å²) in [6, 6.07) is -1.40. The molecule has 16 heavy (non-hydrogen) atoms. The van der Waals surface area contributed by atoms with E-state index in [2.05, 4.69) is 10.6 Å². The molecule has 0 aromatic carbocycles. The van der Waals surface area contributed by atoms with E-state index >= 15 is 0 Å². The van der Waals surface area contributed by atoms with Crippen LogP contribution in [0.25, 0.3) is 0 Å². The molecule has 1 amide bonds. The van der Waals surface area contributed by atoms with Crippen LogP contribution in [0.1, 0.15) is 27.7 Å². The van der Waals surface area contributed by atoms with Gasteiger partial charge in [0.2, 0.25) is 0 Å². The molecule has 3 N–H and O–H groups in total. The van der Waals surface area contributed by atoms with Gasteiger partial charge in [0.1, 0.15) is 11.6 Å². The predicted molar refractivity (Wildman–Crippen MR) is 59.3 cm³/mol. The van der Waals surface area contributed by atoms with Crippen molar-refractivity contribution in [2.75, 3.05) is 7.05 Å². The third kappa shape index (κ3) is 5.55. The van der Waals surface area contributed by atoms with E-state index in [4.69, 9.17) is 9.84 Å². The maximum Gasteiger partial charge on any atom is 0.408 e. The number of ether oxygens (including phenoxy) is 1. The second kappa shape index (κ2) is 5.69. The summed E-state index contributed by atoms with van der Waals surface area (Å²) in [5.74, 6) is -1.10. The number of aliphatic carboxylic acids is 1. The Bertz CT molecular complexity index is 260. The van der Waals surface area contributed by atoms with E-state index in [1.54, 1.807) is 34.7 Å². The van der Waals surface area contributed by atoms with Gasteiger partial charge in [-0.3, -0.25) is 0 Å². The quantitative estimate of drug-likeness (QED) is 0.659. The van der Waals surface area contributed by atoms with Gasteiger partial charge in [0.25, 0.3) is 0 Å². The van der Waals surface area contributed by atoms with Gasteiger partial charge in [-0.25, -0.2) is 9.59 Å². The van der Waals surface area contributed by atoms with Crippen molar-refractivity contribution in [1.82, 2.24) is 10.6 Å². The Morgan fingerprint density at radius 3 is 2.12 bits per heavy atom. The Labute approximate surface area is 95.4 Å². The number of rotatable bonds is 4. The summed E-state index contributed by atoms with van der Waals surface area (Å²) in [5, 5.41) is 14.0. The van der Waals surface area contributed by atoms with Crippen LogP contribution in [0, 0.1) is 0 Å². The number of hydrogen-bond acceptors (Lipinski definition) is 4. The minimum Gasteiger partial charge on any atom is -0.480 e. The Morgan fingerprint density at radius 1 is 1.31 bits per heavy atom. The van der Waals surface area contributed by atoms with Crippen molar-refractivity contribution in [1.29, 1.82) is 0 Å². The fraction of sp³-hybridized carbons (Fsp3) is 0.800. The first-order valence-corrected chi connectivity index (χ1v) is 5.07. The normalized spacial score (nSPS) is 15.1. The van der Waals surface area contributed by atoms with Gasteiger partial charge in [-0.05, 0) is 34.7 Å². The van der Waals surface area contributed by atoms with Crippen molar-refractivity contribution in [3.8, 4) is 0 Å². The first kappa shape index (κ1) is 14.7. The molecule has 1 unspecified atom stereocenters. The fourth-order valence-electron chi connectivity index (χ4n) is 1.00. The number of carbonyl (C=O) groups is 2. The number of alkyl carbamates (subject to hydrolysis) is 1. The maximum atomic E-state index is 11.4. The average molecular weight is 232 g/mol. The number of hydrogen-bond donors (Lipinski definition) is 3. The summed E-state index contributed by atoms with van der Waals surface area (Å²) in [5.41, 5.74) is -0.643. The second-order valence-corrected chi connectivity index (χ2v) is 4.54. The largest absolute Gasteiger partial charge is 0.480 e. The van der Waals surface area contributed by atoms with Gasteiger partial charge in [-0.1, -0.05) is 0 Å². The Kier molecular flexibility index (Phi) is 5.23. The van der Waals surface area contributed by atoms with Crippen LogP contribution in [-0.2, 0) is 9.53 Å². The Hall–Kier alpha value is -1.30. The SMILES string of the molecule is CNC(C)[C@H](NC(=O)OC(C)(C)C)C(=O)O. The van der Waals surface area contributed by atoms with Gasteiger partial charge in [-0.2, -0.15) is 0 Å². The van der Waals surface area contributed by atoms with E-state index in [9.17, 15) is 9.59 Å². The van der Waals surface area contributed by atoms with Crippen LogP contribution in [0.5, 0.6) is 0 Å². The lowest BCUT2D eigenvalue weighted by atomic mass is 10.1. The molecule has 0 bridgehead atoms. The Morgan fingerprint density at radius 2 is 1.81 bits per heavy atom. The minimum atomic E-state index is -1.10. The minimum absolute atomic E-state index is 0.384. The molecule has 0 rings (SSSR count). The standard InChI is InChI=1S/C10H20N2O4/c1-6(11-5)7(8(13)14)12-9(15)16-10(2,3)4/h6-7,11H,1-5H3,(H,12,15)(H,13,14)/t6?,7-/m0/s1. The van der Waals surface area contributed by atoms with Gasteiger partial charge in [0.05, 0.1) is 0 Å². The zero-order chi connectivity index (χ0) is 12.9. The molecule has 2 atom stereocenters. The molecule has 0 heterocycles. The van der Waals surface area contributed by atoms with E-state index < -0.39 is 23.7 Å². The number of nitrogens with one attached hydrogen (secondary N) is 2. The van der Waals surface area contributed by atoms with Crippen molar-refractivity contribution >= 4 is 12.1 Å². The molecule has 0 aliphatic carbocycles. The summed E-state index contributed by atoms with van der Waals surface area (Å²) in [7, 11) is 1.62. The molecule has 0 fully saturated rings. The molecular weight excluding hydrogens is 212 g/mol. The van der Waals surface area contributed by atoms with E-state index in [1.165, 1.54) is 0 Å². The number of likely N-dealkylation sites (N-methyl/N-ethyl adjacent to an activating group) is 1. The predicted octanol–water partition coefficient (Wildman–Crippen LogP) is 0.572.